The van der Waals surface area contributed by atoms with Crippen molar-refractivity contribution in [3.05, 3.63) is 52.2 Å². The van der Waals surface area contributed by atoms with Gasteiger partial charge in [0.05, 0.1) is 17.7 Å². The molecule has 5 heteroatoms. The van der Waals surface area contributed by atoms with Crippen molar-refractivity contribution < 1.29 is 9.53 Å². The zero-order chi connectivity index (χ0) is 15.6. The van der Waals surface area contributed by atoms with Crippen LogP contribution in [0.25, 0.3) is 0 Å². The number of hydrogen-bond acceptors (Lipinski definition) is 4. The lowest BCUT2D eigenvalue weighted by atomic mass is 10.2. The summed E-state index contributed by atoms with van der Waals surface area (Å²) in [6, 6.07) is 11.2. The molecule has 0 aliphatic rings. The zero-order valence-corrected chi connectivity index (χ0v) is 13.4. The Morgan fingerprint density at radius 1 is 1.27 bits per heavy atom. The molecule has 116 valence electrons. The van der Waals surface area contributed by atoms with E-state index >= 15 is 0 Å². The highest BCUT2D eigenvalue weighted by atomic mass is 32.1. The maximum atomic E-state index is 11.7. The van der Waals surface area contributed by atoms with Crippen LogP contribution in [0.4, 0.5) is 0 Å². The molecule has 0 aliphatic carbocycles. The van der Waals surface area contributed by atoms with E-state index in [-0.39, 0.29) is 5.91 Å². The third-order valence-electron chi connectivity index (χ3n) is 3.02. The van der Waals surface area contributed by atoms with E-state index in [1.165, 1.54) is 24.2 Å². The SMILES string of the molecule is CCCCCOc1ccc(C=NNC(=O)c2cccs2)cc1. The number of hydrazone groups is 1. The number of nitrogens with zero attached hydrogens (tertiary/aromatic N) is 1. The first-order valence-corrected chi connectivity index (χ1v) is 8.27. The van der Waals surface area contributed by atoms with Gasteiger partial charge >= 0.3 is 0 Å². The predicted molar refractivity (Wildman–Crippen MR) is 90.8 cm³/mol. The standard InChI is InChI=1S/C17H20N2O2S/c1-2-3-4-11-21-15-9-7-14(8-10-15)13-18-19-17(20)16-6-5-12-22-16/h5-10,12-13H,2-4,11H2,1H3,(H,19,20). The van der Waals surface area contributed by atoms with Gasteiger partial charge in [0, 0.05) is 0 Å². The lowest BCUT2D eigenvalue weighted by molar-refractivity contribution is 0.0959. The molecule has 22 heavy (non-hydrogen) atoms. The Bertz CT molecular complexity index is 592. The molecular formula is C17H20N2O2S. The lowest BCUT2D eigenvalue weighted by Gasteiger charge is -2.05. The number of carbonyl (C=O) groups is 1. The van der Waals surface area contributed by atoms with Crippen LogP contribution in [0.3, 0.4) is 0 Å². The lowest BCUT2D eigenvalue weighted by Crippen LogP contribution is -2.16. The Labute approximate surface area is 134 Å². The van der Waals surface area contributed by atoms with Gasteiger partial charge in [0.25, 0.3) is 5.91 Å². The molecule has 0 fully saturated rings. The fourth-order valence-electron chi connectivity index (χ4n) is 1.82. The number of thiophene rings is 1. The van der Waals surface area contributed by atoms with Gasteiger partial charge in [0.2, 0.25) is 0 Å². The van der Waals surface area contributed by atoms with Crippen LogP contribution in [-0.2, 0) is 0 Å². The van der Waals surface area contributed by atoms with Gasteiger partial charge in [-0.05, 0) is 47.7 Å². The van der Waals surface area contributed by atoms with Crippen LogP contribution in [-0.4, -0.2) is 18.7 Å². The number of ether oxygens (including phenoxy) is 1. The van der Waals surface area contributed by atoms with E-state index in [2.05, 4.69) is 17.5 Å². The predicted octanol–water partition coefficient (Wildman–Crippen LogP) is 4.08. The van der Waals surface area contributed by atoms with E-state index in [4.69, 9.17) is 4.74 Å². The summed E-state index contributed by atoms with van der Waals surface area (Å²) in [7, 11) is 0. The smallest absolute Gasteiger partial charge is 0.281 e. The maximum Gasteiger partial charge on any atom is 0.281 e. The van der Waals surface area contributed by atoms with Crippen LogP contribution in [0, 0.1) is 0 Å². The molecule has 0 unspecified atom stereocenters. The molecule has 2 rings (SSSR count). The van der Waals surface area contributed by atoms with E-state index in [9.17, 15) is 4.79 Å². The minimum absolute atomic E-state index is 0.192. The van der Waals surface area contributed by atoms with E-state index < -0.39 is 0 Å². The van der Waals surface area contributed by atoms with Crippen molar-refractivity contribution >= 4 is 23.5 Å². The van der Waals surface area contributed by atoms with Gasteiger partial charge in [-0.15, -0.1) is 11.3 Å². The second-order valence-corrected chi connectivity index (χ2v) is 5.75. The molecule has 0 aliphatic heterocycles. The van der Waals surface area contributed by atoms with Crippen molar-refractivity contribution in [3.8, 4) is 5.75 Å². The molecule has 0 atom stereocenters. The molecule has 0 spiro atoms. The normalized spacial score (nSPS) is 10.8. The molecule has 0 saturated heterocycles. The Morgan fingerprint density at radius 2 is 2.09 bits per heavy atom. The van der Waals surface area contributed by atoms with Crippen LogP contribution >= 0.6 is 11.3 Å². The van der Waals surface area contributed by atoms with Gasteiger partial charge < -0.3 is 4.74 Å². The monoisotopic (exact) mass is 316 g/mol. The van der Waals surface area contributed by atoms with Gasteiger partial charge in [0.15, 0.2) is 0 Å². The second-order valence-electron chi connectivity index (χ2n) is 4.80. The Morgan fingerprint density at radius 3 is 2.77 bits per heavy atom. The summed E-state index contributed by atoms with van der Waals surface area (Å²) in [4.78, 5) is 12.3. The maximum absolute atomic E-state index is 11.7. The van der Waals surface area contributed by atoms with Crippen molar-refractivity contribution in [1.82, 2.24) is 5.43 Å². The van der Waals surface area contributed by atoms with Crippen LogP contribution in [0.15, 0.2) is 46.9 Å². The molecule has 2 aromatic rings. The topological polar surface area (TPSA) is 50.7 Å². The molecule has 1 aromatic heterocycles. The van der Waals surface area contributed by atoms with Crippen LogP contribution in [0.5, 0.6) is 5.75 Å². The summed E-state index contributed by atoms with van der Waals surface area (Å²) in [5, 5.41) is 5.81. The van der Waals surface area contributed by atoms with E-state index in [1.54, 1.807) is 12.3 Å². The van der Waals surface area contributed by atoms with Crippen LogP contribution in [0.1, 0.15) is 41.4 Å². The highest BCUT2D eigenvalue weighted by molar-refractivity contribution is 7.12. The number of hydrogen-bond donors (Lipinski definition) is 1. The summed E-state index contributed by atoms with van der Waals surface area (Å²) >= 11 is 1.39. The number of nitrogens with one attached hydrogen (secondary N) is 1. The fourth-order valence-corrected chi connectivity index (χ4v) is 2.43. The highest BCUT2D eigenvalue weighted by Gasteiger charge is 2.03. The average Bonchev–Trinajstić information content (AvgIpc) is 3.07. The van der Waals surface area contributed by atoms with Crippen molar-refractivity contribution in [1.29, 1.82) is 0 Å². The van der Waals surface area contributed by atoms with Crippen LogP contribution < -0.4 is 10.2 Å². The Hall–Kier alpha value is -2.14. The van der Waals surface area contributed by atoms with Gasteiger partial charge in [-0.3, -0.25) is 4.79 Å². The van der Waals surface area contributed by atoms with Gasteiger partial charge in [-0.1, -0.05) is 25.8 Å². The highest BCUT2D eigenvalue weighted by Crippen LogP contribution is 2.12. The molecule has 1 heterocycles. The fraction of sp³-hybridized carbons (Fsp3) is 0.294. The molecule has 0 saturated carbocycles. The number of amides is 1. The number of unbranched alkanes of at least 4 members (excludes halogenated alkanes) is 2. The molecule has 1 aromatic carbocycles. The second kappa shape index (κ2) is 9.00. The number of carbonyl (C=O) groups excluding carboxylic acids is 1. The number of rotatable bonds is 8. The minimum atomic E-state index is -0.192. The summed E-state index contributed by atoms with van der Waals surface area (Å²) in [5.41, 5.74) is 3.42. The summed E-state index contributed by atoms with van der Waals surface area (Å²) in [6.45, 7) is 2.92. The third kappa shape index (κ3) is 5.33. The molecule has 0 bridgehead atoms. The van der Waals surface area contributed by atoms with Gasteiger partial charge in [0.1, 0.15) is 5.75 Å². The Kier molecular flexibility index (Phi) is 6.64. The summed E-state index contributed by atoms with van der Waals surface area (Å²) < 4.78 is 5.64. The average molecular weight is 316 g/mol. The zero-order valence-electron chi connectivity index (χ0n) is 12.6. The van der Waals surface area contributed by atoms with E-state index in [0.717, 1.165) is 24.3 Å². The molecule has 1 amide bonds. The summed E-state index contributed by atoms with van der Waals surface area (Å²) in [5.74, 6) is 0.665. The first-order chi connectivity index (χ1) is 10.8. The van der Waals surface area contributed by atoms with Crippen molar-refractivity contribution in [2.24, 2.45) is 5.10 Å². The van der Waals surface area contributed by atoms with Gasteiger partial charge in [-0.2, -0.15) is 5.10 Å². The molecular weight excluding hydrogens is 296 g/mol. The third-order valence-corrected chi connectivity index (χ3v) is 3.89. The van der Waals surface area contributed by atoms with Crippen LogP contribution in [0.2, 0.25) is 0 Å². The summed E-state index contributed by atoms with van der Waals surface area (Å²) in [6.07, 6.45) is 5.07. The first kappa shape index (κ1) is 16.2. The molecule has 4 nitrogen and oxygen atoms in total. The van der Waals surface area contributed by atoms with E-state index in [0.29, 0.717) is 4.88 Å². The largest absolute Gasteiger partial charge is 0.494 e. The van der Waals surface area contributed by atoms with E-state index in [1.807, 2.05) is 35.7 Å². The minimum Gasteiger partial charge on any atom is -0.494 e. The van der Waals surface area contributed by atoms with Crippen molar-refractivity contribution in [2.45, 2.75) is 26.2 Å². The number of benzene rings is 1. The van der Waals surface area contributed by atoms with Crippen molar-refractivity contribution in [2.75, 3.05) is 6.61 Å². The Balaban J connectivity index is 1.78. The van der Waals surface area contributed by atoms with Crippen molar-refractivity contribution in [3.63, 3.8) is 0 Å². The first-order valence-electron chi connectivity index (χ1n) is 7.39. The molecule has 0 radical (unpaired) electrons. The quantitative estimate of drug-likeness (QED) is 0.453. The molecule has 1 N–H and O–H groups in total. The van der Waals surface area contributed by atoms with Gasteiger partial charge in [-0.25, -0.2) is 5.43 Å².